The van der Waals surface area contributed by atoms with E-state index in [0.29, 0.717) is 30.3 Å². The van der Waals surface area contributed by atoms with Gasteiger partial charge in [0.25, 0.3) is 6.29 Å². The molecule has 0 amide bonds. The van der Waals surface area contributed by atoms with Gasteiger partial charge in [-0.1, -0.05) is 198 Å². The summed E-state index contributed by atoms with van der Waals surface area (Å²) in [5.74, 6) is -2.13. The van der Waals surface area contributed by atoms with Crippen LogP contribution in [0.1, 0.15) is 181 Å². The van der Waals surface area contributed by atoms with Crippen LogP contribution in [0.3, 0.4) is 0 Å². The number of allylic oxidation sites excluding steroid dienone is 24. The molecule has 0 spiro atoms. The predicted molar refractivity (Wildman–Crippen MR) is 308 cm³/mol. The van der Waals surface area contributed by atoms with Crippen LogP contribution in [0.15, 0.2) is 146 Å². The van der Waals surface area contributed by atoms with E-state index < -0.39 is 24.3 Å². The van der Waals surface area contributed by atoms with Crippen molar-refractivity contribution in [3.05, 3.63) is 146 Å². The number of aliphatic carboxylic acids is 1. The highest BCUT2D eigenvalue weighted by Gasteiger charge is 2.25. The van der Waals surface area contributed by atoms with Crippen molar-refractivity contribution in [2.45, 2.75) is 193 Å². The van der Waals surface area contributed by atoms with Crippen molar-refractivity contribution < 1.29 is 42.9 Å². The topological polar surface area (TPSA) is 108 Å². The molecule has 0 saturated carbocycles. The van der Waals surface area contributed by atoms with Crippen molar-refractivity contribution in [1.29, 1.82) is 0 Å². The third-order valence-corrected chi connectivity index (χ3v) is 11.1. The maximum absolute atomic E-state index is 12.8. The average molecular weight is 1010 g/mol. The van der Waals surface area contributed by atoms with E-state index in [1.807, 2.05) is 21.1 Å². The van der Waals surface area contributed by atoms with Crippen molar-refractivity contribution in [1.82, 2.24) is 0 Å². The van der Waals surface area contributed by atoms with Crippen LogP contribution in [0.25, 0.3) is 0 Å². The molecule has 0 fully saturated rings. The van der Waals surface area contributed by atoms with Crippen LogP contribution in [0.5, 0.6) is 0 Å². The van der Waals surface area contributed by atoms with Gasteiger partial charge >= 0.3 is 17.9 Å². The standard InChI is InChI=1S/C64H101NO8/c1-6-8-10-12-14-16-18-20-22-24-26-27-28-29-30-31-32-33-34-35-37-39-41-43-45-47-49-51-53-55-62(67)73-60(59-72-64(63(68)69)70-57-56-65(3,4)5)58-71-61(66)54-52-50-48-46-44-42-40-38-36-25-23-21-19-17-15-13-11-9-7-2/h8,10,14-17,20-23,26-27,29-30,32-33,35-38,41,43,47,49,60,64H,6-7,9,11-13,18-19,24-25,28,31,34,39-40,42,44-46,48,50-59H2,1-5H3/p+1/b10-8-,16-14-,17-15-,22-20-,23-21-,27-26-,30-29-,33-32-,37-35-,38-36-,43-41-,49-47-. The van der Waals surface area contributed by atoms with E-state index in [1.54, 1.807) is 0 Å². The molecule has 0 aromatic carbocycles. The first kappa shape index (κ1) is 68.2. The second-order valence-corrected chi connectivity index (χ2v) is 19.2. The quantitative estimate of drug-likeness (QED) is 0.0211. The number of likely N-dealkylation sites (N-methyl/N-ethyl adjacent to an activating group) is 1. The highest BCUT2D eigenvalue weighted by molar-refractivity contribution is 5.71. The summed E-state index contributed by atoms with van der Waals surface area (Å²) in [5, 5.41) is 9.69. The Morgan fingerprint density at radius 1 is 0.425 bits per heavy atom. The maximum atomic E-state index is 12.8. The molecule has 0 aliphatic carbocycles. The zero-order chi connectivity index (χ0) is 53.4. The molecule has 0 aliphatic heterocycles. The number of nitrogens with zero attached hydrogens (tertiary/aromatic N) is 1. The lowest BCUT2D eigenvalue weighted by Gasteiger charge is -2.25. The van der Waals surface area contributed by atoms with Crippen molar-refractivity contribution in [2.75, 3.05) is 47.5 Å². The van der Waals surface area contributed by atoms with E-state index >= 15 is 0 Å². The third kappa shape index (κ3) is 54.8. The Bertz CT molecular complexity index is 1700. The first-order valence-corrected chi connectivity index (χ1v) is 28.0. The van der Waals surface area contributed by atoms with Crippen molar-refractivity contribution in [3.8, 4) is 0 Å². The highest BCUT2D eigenvalue weighted by Crippen LogP contribution is 2.12. The van der Waals surface area contributed by atoms with Crippen molar-refractivity contribution in [3.63, 3.8) is 0 Å². The Balaban J connectivity index is 4.46. The van der Waals surface area contributed by atoms with Gasteiger partial charge in [0.2, 0.25) is 0 Å². The molecule has 410 valence electrons. The Kier molecular flexibility index (Phi) is 49.9. The van der Waals surface area contributed by atoms with Gasteiger partial charge in [0.15, 0.2) is 6.10 Å². The van der Waals surface area contributed by atoms with E-state index in [0.717, 1.165) is 109 Å². The number of esters is 2. The third-order valence-electron chi connectivity index (χ3n) is 11.1. The summed E-state index contributed by atoms with van der Waals surface area (Å²) in [6, 6.07) is 0. The summed E-state index contributed by atoms with van der Waals surface area (Å²) >= 11 is 0. The number of unbranched alkanes of at least 4 members (excludes halogenated alkanes) is 10. The number of rotatable bonds is 49. The molecule has 9 heteroatoms. The minimum absolute atomic E-state index is 0.165. The number of carbonyl (C=O) groups is 3. The molecule has 0 rings (SSSR count). The van der Waals surface area contributed by atoms with Gasteiger partial charge in [0.1, 0.15) is 13.2 Å². The number of hydrogen-bond donors (Lipinski definition) is 1. The fourth-order valence-corrected chi connectivity index (χ4v) is 6.78. The van der Waals surface area contributed by atoms with Crippen molar-refractivity contribution >= 4 is 17.9 Å². The minimum Gasteiger partial charge on any atom is -0.477 e. The fourth-order valence-electron chi connectivity index (χ4n) is 6.78. The van der Waals surface area contributed by atoms with Crippen LogP contribution < -0.4 is 0 Å². The van der Waals surface area contributed by atoms with Gasteiger partial charge in [-0.25, -0.2) is 4.79 Å². The second-order valence-electron chi connectivity index (χ2n) is 19.2. The van der Waals surface area contributed by atoms with Crippen LogP contribution in [-0.2, 0) is 33.3 Å². The summed E-state index contributed by atoms with van der Waals surface area (Å²) in [7, 11) is 5.93. The molecule has 0 aromatic heterocycles. The molecular formula is C64H102NO8+. The first-order valence-electron chi connectivity index (χ1n) is 28.0. The number of hydrogen-bond acceptors (Lipinski definition) is 7. The molecule has 0 aliphatic rings. The van der Waals surface area contributed by atoms with Crippen LogP contribution in [0, 0.1) is 0 Å². The normalized spacial score (nSPS) is 13.9. The molecule has 0 saturated heterocycles. The van der Waals surface area contributed by atoms with Crippen molar-refractivity contribution in [2.24, 2.45) is 0 Å². The van der Waals surface area contributed by atoms with E-state index in [-0.39, 0.29) is 38.6 Å². The SMILES string of the molecule is CC/C=C\C/C=C\C/C=C\C/C=C\C/C=C\C/C=C\C/C=C\C/C=C\C/C=C\CCCC(=O)OC(COC(=O)CCCCCCCC/C=C\C/C=C\C/C=C\CCCCC)COC(OCC[N+](C)(C)C)C(=O)O. The highest BCUT2D eigenvalue weighted by atomic mass is 16.7. The summed E-state index contributed by atoms with van der Waals surface area (Å²) in [4.78, 5) is 37.4. The second kappa shape index (κ2) is 53.5. The van der Waals surface area contributed by atoms with Crippen LogP contribution in [0.2, 0.25) is 0 Å². The monoisotopic (exact) mass is 1010 g/mol. The smallest absolute Gasteiger partial charge is 0.361 e. The molecular weight excluding hydrogens is 911 g/mol. The van der Waals surface area contributed by atoms with E-state index in [9.17, 15) is 19.5 Å². The molecule has 2 atom stereocenters. The maximum Gasteiger partial charge on any atom is 0.361 e. The first-order chi connectivity index (χ1) is 35.6. The molecule has 0 heterocycles. The summed E-state index contributed by atoms with van der Waals surface area (Å²) in [5.41, 5.74) is 0. The molecule has 0 bridgehead atoms. The lowest BCUT2D eigenvalue weighted by atomic mass is 10.1. The molecule has 9 nitrogen and oxygen atoms in total. The molecule has 0 radical (unpaired) electrons. The molecule has 2 unspecified atom stereocenters. The Morgan fingerprint density at radius 2 is 0.795 bits per heavy atom. The zero-order valence-electron chi connectivity index (χ0n) is 46.5. The Labute approximate surface area is 445 Å². The van der Waals surface area contributed by atoms with E-state index in [4.69, 9.17) is 18.9 Å². The number of carbonyl (C=O) groups excluding carboxylic acids is 2. The Morgan fingerprint density at radius 3 is 1.21 bits per heavy atom. The lowest BCUT2D eigenvalue weighted by molar-refractivity contribution is -0.870. The van der Waals surface area contributed by atoms with Gasteiger partial charge in [-0.15, -0.1) is 0 Å². The lowest BCUT2D eigenvalue weighted by Crippen LogP contribution is -2.40. The Hall–Kier alpha value is -4.83. The minimum atomic E-state index is -1.54. The van der Waals surface area contributed by atoms with Gasteiger partial charge < -0.3 is 28.5 Å². The van der Waals surface area contributed by atoms with Gasteiger partial charge in [-0.3, -0.25) is 9.59 Å². The van der Waals surface area contributed by atoms with E-state index in [2.05, 4.69) is 160 Å². The number of ether oxygens (including phenoxy) is 4. The van der Waals surface area contributed by atoms with Gasteiger partial charge in [-0.05, 0) is 116 Å². The van der Waals surface area contributed by atoms with E-state index in [1.165, 1.54) is 25.7 Å². The number of carboxylic acids is 1. The van der Waals surface area contributed by atoms with Crippen LogP contribution in [0.4, 0.5) is 0 Å². The molecule has 73 heavy (non-hydrogen) atoms. The summed E-state index contributed by atoms with van der Waals surface area (Å²) in [6.07, 6.45) is 75.0. The fraction of sp³-hybridized carbons (Fsp3) is 0.578. The average Bonchev–Trinajstić information content (AvgIpc) is 3.36. The predicted octanol–water partition coefficient (Wildman–Crippen LogP) is 16.4. The largest absolute Gasteiger partial charge is 0.477 e. The summed E-state index contributed by atoms with van der Waals surface area (Å²) in [6.45, 7) is 4.62. The number of quaternary nitrogens is 1. The zero-order valence-corrected chi connectivity index (χ0v) is 46.5. The van der Waals surface area contributed by atoms with Crippen LogP contribution >= 0.6 is 0 Å². The summed E-state index contributed by atoms with van der Waals surface area (Å²) < 4.78 is 22.7. The van der Waals surface area contributed by atoms with Gasteiger partial charge in [0, 0.05) is 12.8 Å². The van der Waals surface area contributed by atoms with Gasteiger partial charge in [-0.2, -0.15) is 0 Å². The molecule has 1 N–H and O–H groups in total. The van der Waals surface area contributed by atoms with Crippen LogP contribution in [-0.4, -0.2) is 87.4 Å². The number of carboxylic acid groups (broad SMARTS) is 1. The molecule has 0 aromatic rings. The van der Waals surface area contributed by atoms with Gasteiger partial charge in [0.05, 0.1) is 34.4 Å².